The fourth-order valence-corrected chi connectivity index (χ4v) is 2.50. The summed E-state index contributed by atoms with van der Waals surface area (Å²) in [5.74, 6) is 0.908. The van der Waals surface area contributed by atoms with Gasteiger partial charge in [-0.15, -0.1) is 0 Å². The van der Waals surface area contributed by atoms with Crippen molar-refractivity contribution in [3.8, 4) is 0 Å². The summed E-state index contributed by atoms with van der Waals surface area (Å²) >= 11 is 0. The second-order valence-corrected chi connectivity index (χ2v) is 5.28. The van der Waals surface area contributed by atoms with Crippen LogP contribution in [-0.4, -0.2) is 14.5 Å². The summed E-state index contributed by atoms with van der Waals surface area (Å²) in [5, 5.41) is 5.76. The van der Waals surface area contributed by atoms with Gasteiger partial charge in [0.25, 0.3) is 0 Å². The van der Waals surface area contributed by atoms with E-state index in [0.29, 0.717) is 0 Å². The summed E-state index contributed by atoms with van der Waals surface area (Å²) in [6.07, 6.45) is 8.14. The van der Waals surface area contributed by atoms with Gasteiger partial charge in [0, 0.05) is 41.6 Å². The molecule has 21 heavy (non-hydrogen) atoms. The molecule has 0 unspecified atom stereocenters. The zero-order valence-electron chi connectivity index (χ0n) is 12.5. The van der Waals surface area contributed by atoms with Gasteiger partial charge in [-0.05, 0) is 25.5 Å². The largest absolute Gasteiger partial charge is 0.325 e. The maximum Gasteiger partial charge on any atom is 0.207 e. The van der Waals surface area contributed by atoms with Gasteiger partial charge in [0.2, 0.25) is 5.95 Å². The van der Waals surface area contributed by atoms with E-state index < -0.39 is 0 Å². The molecule has 0 aliphatic carbocycles. The molecule has 0 aliphatic heterocycles. The Hall–Kier alpha value is -2.36. The smallest absolute Gasteiger partial charge is 0.207 e. The molecule has 0 spiro atoms. The van der Waals surface area contributed by atoms with Crippen molar-refractivity contribution in [1.82, 2.24) is 14.5 Å². The van der Waals surface area contributed by atoms with Crippen LogP contribution in [0.25, 0.3) is 10.8 Å². The molecule has 2 heterocycles. The van der Waals surface area contributed by atoms with Crippen molar-refractivity contribution in [3.63, 3.8) is 0 Å². The lowest BCUT2D eigenvalue weighted by molar-refractivity contribution is 0.637. The second kappa shape index (κ2) is 5.95. The first kappa shape index (κ1) is 13.6. The number of imidazole rings is 1. The fraction of sp³-hybridized carbons (Fsp3) is 0.294. The van der Waals surface area contributed by atoms with Crippen LogP contribution < -0.4 is 5.32 Å². The highest BCUT2D eigenvalue weighted by Crippen LogP contribution is 2.25. The van der Waals surface area contributed by atoms with Gasteiger partial charge in [-0.1, -0.05) is 25.5 Å². The van der Waals surface area contributed by atoms with E-state index in [-0.39, 0.29) is 0 Å². The molecule has 3 rings (SSSR count). The highest BCUT2D eigenvalue weighted by atomic mass is 15.2. The zero-order chi connectivity index (χ0) is 14.7. The molecule has 0 saturated carbocycles. The molecule has 108 valence electrons. The van der Waals surface area contributed by atoms with Crippen LogP contribution in [0.2, 0.25) is 0 Å². The van der Waals surface area contributed by atoms with Crippen LogP contribution in [0.5, 0.6) is 0 Å². The van der Waals surface area contributed by atoms with E-state index in [4.69, 9.17) is 0 Å². The number of aromatic nitrogens is 3. The standard InChI is InChI=1S/C17H20N4/c1-3-4-10-21-12-13(2)19-17(21)20-16-7-5-6-14-11-18-9-8-15(14)16/h5-9,11-12H,3-4,10H2,1-2H3,(H,19,20). The van der Waals surface area contributed by atoms with Gasteiger partial charge in [0.1, 0.15) is 0 Å². The number of benzene rings is 1. The van der Waals surface area contributed by atoms with Crippen molar-refractivity contribution in [3.05, 3.63) is 48.5 Å². The molecule has 4 nitrogen and oxygen atoms in total. The molecular weight excluding hydrogens is 260 g/mol. The fourth-order valence-electron chi connectivity index (χ4n) is 2.50. The lowest BCUT2D eigenvalue weighted by Crippen LogP contribution is -2.03. The quantitative estimate of drug-likeness (QED) is 0.758. The highest BCUT2D eigenvalue weighted by Gasteiger charge is 2.07. The van der Waals surface area contributed by atoms with Gasteiger partial charge in [0.05, 0.1) is 5.69 Å². The predicted octanol–water partition coefficient (Wildman–Crippen LogP) is 4.28. The number of nitrogens with zero attached hydrogens (tertiary/aromatic N) is 3. The summed E-state index contributed by atoms with van der Waals surface area (Å²) in [4.78, 5) is 8.78. The average molecular weight is 280 g/mol. The number of hydrogen-bond acceptors (Lipinski definition) is 3. The molecule has 0 aliphatic rings. The summed E-state index contributed by atoms with van der Waals surface area (Å²) in [7, 11) is 0. The number of unbranched alkanes of at least 4 members (excludes halogenated alkanes) is 1. The van der Waals surface area contributed by atoms with Crippen LogP contribution in [0.4, 0.5) is 11.6 Å². The van der Waals surface area contributed by atoms with Crippen molar-refractivity contribution in [2.45, 2.75) is 33.2 Å². The monoisotopic (exact) mass is 280 g/mol. The van der Waals surface area contributed by atoms with Gasteiger partial charge in [-0.2, -0.15) is 0 Å². The van der Waals surface area contributed by atoms with Gasteiger partial charge >= 0.3 is 0 Å². The van der Waals surface area contributed by atoms with E-state index in [1.807, 2.05) is 31.5 Å². The first-order valence-corrected chi connectivity index (χ1v) is 7.41. The summed E-state index contributed by atoms with van der Waals surface area (Å²) in [6.45, 7) is 5.22. The first-order chi connectivity index (χ1) is 10.3. The molecule has 0 radical (unpaired) electrons. The maximum absolute atomic E-state index is 4.60. The Labute approximate surface area is 124 Å². The molecular formula is C17H20N4. The van der Waals surface area contributed by atoms with E-state index in [1.54, 1.807) is 0 Å². The molecule has 0 bridgehead atoms. The minimum absolute atomic E-state index is 0.908. The number of aryl methyl sites for hydroxylation is 2. The van der Waals surface area contributed by atoms with Crippen LogP contribution in [0, 0.1) is 6.92 Å². The third-order valence-corrected chi connectivity index (χ3v) is 3.58. The topological polar surface area (TPSA) is 42.7 Å². The summed E-state index contributed by atoms with van der Waals surface area (Å²) in [5.41, 5.74) is 2.11. The molecule has 2 aromatic heterocycles. The number of rotatable bonds is 5. The first-order valence-electron chi connectivity index (χ1n) is 7.41. The number of hydrogen-bond donors (Lipinski definition) is 1. The zero-order valence-corrected chi connectivity index (χ0v) is 12.5. The van der Waals surface area contributed by atoms with Crippen molar-refractivity contribution in [2.24, 2.45) is 0 Å². The molecule has 1 N–H and O–H groups in total. The maximum atomic E-state index is 4.60. The number of nitrogens with one attached hydrogen (secondary N) is 1. The predicted molar refractivity (Wildman–Crippen MR) is 86.9 cm³/mol. The minimum Gasteiger partial charge on any atom is -0.325 e. The summed E-state index contributed by atoms with van der Waals surface area (Å²) < 4.78 is 2.19. The third kappa shape index (κ3) is 2.89. The number of pyridine rings is 1. The summed E-state index contributed by atoms with van der Waals surface area (Å²) in [6, 6.07) is 8.22. The number of fused-ring (bicyclic) bond motifs is 1. The molecule has 0 fully saturated rings. The molecule has 0 amide bonds. The molecule has 4 heteroatoms. The van der Waals surface area contributed by atoms with Crippen LogP contribution in [0.1, 0.15) is 25.5 Å². The Morgan fingerprint density at radius 2 is 2.14 bits per heavy atom. The van der Waals surface area contributed by atoms with E-state index in [2.05, 4.69) is 45.1 Å². The van der Waals surface area contributed by atoms with Gasteiger partial charge < -0.3 is 9.88 Å². The van der Waals surface area contributed by atoms with Crippen LogP contribution >= 0.6 is 0 Å². The van der Waals surface area contributed by atoms with Crippen molar-refractivity contribution in [2.75, 3.05) is 5.32 Å². The Morgan fingerprint density at radius 3 is 3.00 bits per heavy atom. The minimum atomic E-state index is 0.908. The van der Waals surface area contributed by atoms with Crippen molar-refractivity contribution < 1.29 is 0 Å². The third-order valence-electron chi connectivity index (χ3n) is 3.58. The normalized spacial score (nSPS) is 11.0. The molecule has 0 atom stereocenters. The average Bonchev–Trinajstić information content (AvgIpc) is 2.85. The Morgan fingerprint density at radius 1 is 1.24 bits per heavy atom. The molecule has 0 saturated heterocycles. The SMILES string of the molecule is CCCCn1cc(C)nc1Nc1cccc2cnccc12. The molecule has 3 aromatic rings. The van der Waals surface area contributed by atoms with Gasteiger partial charge in [-0.3, -0.25) is 4.98 Å². The lowest BCUT2D eigenvalue weighted by Gasteiger charge is -2.11. The van der Waals surface area contributed by atoms with Gasteiger partial charge in [-0.25, -0.2) is 4.98 Å². The van der Waals surface area contributed by atoms with Gasteiger partial charge in [0.15, 0.2) is 0 Å². The number of anilines is 2. The van der Waals surface area contributed by atoms with Crippen molar-refractivity contribution in [1.29, 1.82) is 0 Å². The van der Waals surface area contributed by atoms with Crippen LogP contribution in [0.15, 0.2) is 42.9 Å². The van der Waals surface area contributed by atoms with E-state index in [0.717, 1.165) is 41.1 Å². The lowest BCUT2D eigenvalue weighted by atomic mass is 10.1. The van der Waals surface area contributed by atoms with E-state index >= 15 is 0 Å². The highest BCUT2D eigenvalue weighted by molar-refractivity contribution is 5.94. The second-order valence-electron chi connectivity index (χ2n) is 5.28. The Kier molecular flexibility index (Phi) is 3.86. The molecule has 1 aromatic carbocycles. The van der Waals surface area contributed by atoms with Crippen LogP contribution in [-0.2, 0) is 6.54 Å². The Balaban J connectivity index is 1.95. The van der Waals surface area contributed by atoms with Crippen molar-refractivity contribution >= 4 is 22.4 Å². The van der Waals surface area contributed by atoms with E-state index in [9.17, 15) is 0 Å². The van der Waals surface area contributed by atoms with E-state index in [1.165, 1.54) is 6.42 Å². The van der Waals surface area contributed by atoms with Crippen LogP contribution in [0.3, 0.4) is 0 Å². The Bertz CT molecular complexity index is 740.